The van der Waals surface area contributed by atoms with Crippen LogP contribution in [0, 0.1) is 5.92 Å². The maximum atomic E-state index is 5.64. The maximum Gasteiger partial charge on any atom is 0.0709 e. The molecule has 2 N–H and O–H groups in total. The van der Waals surface area contributed by atoms with Crippen LogP contribution < -0.4 is 5.73 Å². The van der Waals surface area contributed by atoms with E-state index in [4.69, 9.17) is 15.2 Å². The van der Waals surface area contributed by atoms with Crippen molar-refractivity contribution >= 4 is 0 Å². The average Bonchev–Trinajstić information content (AvgIpc) is 3.14. The largest absolute Gasteiger partial charge is 0.380 e. The number of hydrogen-bond donors (Lipinski definition) is 1. The van der Waals surface area contributed by atoms with Crippen LogP contribution in [0.2, 0.25) is 0 Å². The van der Waals surface area contributed by atoms with E-state index in [0.29, 0.717) is 6.54 Å². The molecule has 102 valence electrons. The third-order valence-electron chi connectivity index (χ3n) is 3.17. The van der Waals surface area contributed by atoms with Crippen LogP contribution in [0.5, 0.6) is 0 Å². The fourth-order valence-electron chi connectivity index (χ4n) is 1.74. The third kappa shape index (κ3) is 7.71. The summed E-state index contributed by atoms with van der Waals surface area (Å²) in [6.45, 7) is 7.19. The number of nitrogens with zero attached hydrogens (tertiary/aromatic N) is 1. The van der Waals surface area contributed by atoms with E-state index < -0.39 is 0 Å². The first kappa shape index (κ1) is 14.9. The van der Waals surface area contributed by atoms with Gasteiger partial charge in [0.25, 0.3) is 0 Å². The highest BCUT2D eigenvalue weighted by Gasteiger charge is 2.20. The lowest BCUT2D eigenvalue weighted by Crippen LogP contribution is -2.31. The molecule has 1 saturated carbocycles. The Hall–Kier alpha value is -0.160. The second-order valence-electron chi connectivity index (χ2n) is 4.92. The lowest BCUT2D eigenvalue weighted by atomic mass is 10.2. The first-order valence-corrected chi connectivity index (χ1v) is 6.84. The summed E-state index contributed by atoms with van der Waals surface area (Å²) in [4.78, 5) is 2.29. The van der Waals surface area contributed by atoms with Crippen LogP contribution in [0.1, 0.15) is 26.2 Å². The zero-order chi connectivity index (χ0) is 12.5. The Morgan fingerprint density at radius 3 is 2.71 bits per heavy atom. The van der Waals surface area contributed by atoms with Gasteiger partial charge < -0.3 is 20.1 Å². The highest BCUT2D eigenvalue weighted by atomic mass is 16.5. The van der Waals surface area contributed by atoms with Gasteiger partial charge in [-0.05, 0) is 39.2 Å². The molecule has 1 atom stereocenters. The zero-order valence-corrected chi connectivity index (χ0v) is 11.4. The Bertz CT molecular complexity index is 186. The van der Waals surface area contributed by atoms with E-state index in [1.54, 1.807) is 0 Å². The zero-order valence-electron chi connectivity index (χ0n) is 11.4. The van der Waals surface area contributed by atoms with Crippen LogP contribution in [0.4, 0.5) is 0 Å². The van der Waals surface area contributed by atoms with Gasteiger partial charge in [0.05, 0.1) is 12.7 Å². The van der Waals surface area contributed by atoms with Gasteiger partial charge in [-0.2, -0.15) is 0 Å². The van der Waals surface area contributed by atoms with E-state index in [9.17, 15) is 0 Å². The van der Waals surface area contributed by atoms with E-state index in [2.05, 4.69) is 11.9 Å². The van der Waals surface area contributed by atoms with Gasteiger partial charge in [0.15, 0.2) is 0 Å². The molecule has 0 radical (unpaired) electrons. The fourth-order valence-corrected chi connectivity index (χ4v) is 1.74. The van der Waals surface area contributed by atoms with Crippen molar-refractivity contribution < 1.29 is 9.47 Å². The third-order valence-corrected chi connectivity index (χ3v) is 3.17. The molecule has 4 heteroatoms. The molecule has 0 aromatic carbocycles. The van der Waals surface area contributed by atoms with Crippen LogP contribution >= 0.6 is 0 Å². The molecule has 1 fully saturated rings. The van der Waals surface area contributed by atoms with Gasteiger partial charge >= 0.3 is 0 Å². The summed E-state index contributed by atoms with van der Waals surface area (Å²) in [6, 6.07) is 0. The first-order chi connectivity index (χ1) is 8.26. The molecule has 17 heavy (non-hydrogen) atoms. The summed E-state index contributed by atoms with van der Waals surface area (Å²) >= 11 is 0. The fraction of sp³-hybridized carbons (Fsp3) is 1.00. The Kier molecular flexibility index (Phi) is 7.77. The van der Waals surface area contributed by atoms with Crippen LogP contribution in [0.3, 0.4) is 0 Å². The predicted molar refractivity (Wildman–Crippen MR) is 70.1 cm³/mol. The second-order valence-corrected chi connectivity index (χ2v) is 4.92. The Labute approximate surface area is 105 Å². The molecule has 0 bridgehead atoms. The Balaban J connectivity index is 1.92. The molecule has 1 aliphatic carbocycles. The maximum absolute atomic E-state index is 5.64. The predicted octanol–water partition coefficient (Wildman–Crippen LogP) is 1.10. The van der Waals surface area contributed by atoms with Gasteiger partial charge in [0.2, 0.25) is 0 Å². The van der Waals surface area contributed by atoms with Gasteiger partial charge in [-0.25, -0.2) is 0 Å². The molecule has 1 unspecified atom stereocenters. The van der Waals surface area contributed by atoms with E-state index >= 15 is 0 Å². The summed E-state index contributed by atoms with van der Waals surface area (Å²) in [7, 11) is 2.13. The number of hydrogen-bond acceptors (Lipinski definition) is 4. The van der Waals surface area contributed by atoms with Crippen molar-refractivity contribution in [3.05, 3.63) is 0 Å². The summed E-state index contributed by atoms with van der Waals surface area (Å²) in [5.41, 5.74) is 5.64. The average molecular weight is 244 g/mol. The summed E-state index contributed by atoms with van der Waals surface area (Å²) in [5.74, 6) is 0.861. The minimum atomic E-state index is 0.204. The highest BCUT2D eigenvalue weighted by Crippen LogP contribution is 2.28. The van der Waals surface area contributed by atoms with Crippen molar-refractivity contribution in [2.45, 2.75) is 32.3 Å². The molecule has 0 aromatic heterocycles. The molecule has 0 aliphatic heterocycles. The normalized spacial score (nSPS) is 17.6. The lowest BCUT2D eigenvalue weighted by Gasteiger charge is -2.20. The molecule has 0 amide bonds. The van der Waals surface area contributed by atoms with Crippen LogP contribution in [-0.2, 0) is 9.47 Å². The first-order valence-electron chi connectivity index (χ1n) is 6.84. The van der Waals surface area contributed by atoms with Gasteiger partial charge in [-0.15, -0.1) is 0 Å². The minimum Gasteiger partial charge on any atom is -0.380 e. The van der Waals surface area contributed by atoms with E-state index in [1.807, 2.05) is 6.92 Å². The molecule has 0 aromatic rings. The number of nitrogens with two attached hydrogens (primary N) is 1. The molecule has 1 rings (SSSR count). The van der Waals surface area contributed by atoms with Crippen molar-refractivity contribution in [1.82, 2.24) is 4.90 Å². The van der Waals surface area contributed by atoms with Crippen molar-refractivity contribution in [3.8, 4) is 0 Å². The quantitative estimate of drug-likeness (QED) is 0.553. The van der Waals surface area contributed by atoms with E-state index in [-0.39, 0.29) is 6.10 Å². The second kappa shape index (κ2) is 8.86. The van der Waals surface area contributed by atoms with Crippen LogP contribution in [0.15, 0.2) is 0 Å². The van der Waals surface area contributed by atoms with Gasteiger partial charge in [-0.1, -0.05) is 0 Å². The minimum absolute atomic E-state index is 0.204. The summed E-state index contributed by atoms with van der Waals surface area (Å²) < 4.78 is 11.1. The number of likely N-dealkylation sites (N-methyl/N-ethyl adjacent to an activating group) is 1. The van der Waals surface area contributed by atoms with Crippen molar-refractivity contribution in [1.29, 1.82) is 0 Å². The van der Waals surface area contributed by atoms with Gasteiger partial charge in [-0.3, -0.25) is 0 Å². The van der Waals surface area contributed by atoms with Gasteiger partial charge in [0.1, 0.15) is 0 Å². The number of rotatable bonds is 11. The topological polar surface area (TPSA) is 47.7 Å². The van der Waals surface area contributed by atoms with Gasteiger partial charge in [0, 0.05) is 32.8 Å². The van der Waals surface area contributed by atoms with Crippen molar-refractivity contribution in [2.24, 2.45) is 11.7 Å². The summed E-state index contributed by atoms with van der Waals surface area (Å²) in [5, 5.41) is 0. The lowest BCUT2D eigenvalue weighted by molar-refractivity contribution is 0.0516. The molecular weight excluding hydrogens is 216 g/mol. The molecular formula is C13H28N2O2. The highest BCUT2D eigenvalue weighted by molar-refractivity contribution is 4.72. The number of ether oxygens (including phenoxy) is 2. The van der Waals surface area contributed by atoms with Crippen LogP contribution in [-0.4, -0.2) is 57.5 Å². The summed E-state index contributed by atoms with van der Waals surface area (Å²) in [6.07, 6.45) is 3.93. The Morgan fingerprint density at radius 2 is 2.12 bits per heavy atom. The monoisotopic (exact) mass is 244 g/mol. The van der Waals surface area contributed by atoms with E-state index in [1.165, 1.54) is 12.8 Å². The molecule has 0 heterocycles. The standard InChI is InChI=1S/C13H28N2O2/c1-3-17-13(10-14)6-7-15(2)8-9-16-11-12-4-5-12/h12-13H,3-11,14H2,1-2H3. The van der Waals surface area contributed by atoms with Crippen LogP contribution in [0.25, 0.3) is 0 Å². The smallest absolute Gasteiger partial charge is 0.0709 e. The molecule has 1 aliphatic rings. The van der Waals surface area contributed by atoms with Crippen molar-refractivity contribution in [3.63, 3.8) is 0 Å². The van der Waals surface area contributed by atoms with Crippen molar-refractivity contribution in [2.75, 3.05) is 46.5 Å². The molecule has 0 saturated heterocycles. The SMILES string of the molecule is CCOC(CN)CCN(C)CCOCC1CC1. The Morgan fingerprint density at radius 1 is 1.35 bits per heavy atom. The molecule has 4 nitrogen and oxygen atoms in total. The molecule has 0 spiro atoms. The van der Waals surface area contributed by atoms with E-state index in [0.717, 1.165) is 45.2 Å².